The molecule has 0 saturated carbocycles. The normalized spacial score (nSPS) is 11.8. The Morgan fingerprint density at radius 2 is 1.91 bits per heavy atom. The summed E-state index contributed by atoms with van der Waals surface area (Å²) in [6.07, 6.45) is 1.41. The van der Waals surface area contributed by atoms with Gasteiger partial charge in [0.2, 0.25) is 0 Å². The molecule has 0 amide bonds. The first-order valence-electron chi connectivity index (χ1n) is 6.74. The van der Waals surface area contributed by atoms with Crippen LogP contribution in [0.15, 0.2) is 54.6 Å². The molecule has 0 aliphatic heterocycles. The summed E-state index contributed by atoms with van der Waals surface area (Å²) >= 11 is 6.12. The van der Waals surface area contributed by atoms with E-state index < -0.39 is 0 Å². The van der Waals surface area contributed by atoms with Crippen molar-refractivity contribution in [3.05, 3.63) is 76.1 Å². The number of aromatic nitrogens is 1. The minimum Gasteiger partial charge on any atom is -0.624 e. The van der Waals surface area contributed by atoms with Gasteiger partial charge in [0.15, 0.2) is 12.8 Å². The van der Waals surface area contributed by atoms with Crippen molar-refractivity contribution < 1.29 is 9.85 Å². The summed E-state index contributed by atoms with van der Waals surface area (Å²) in [6, 6.07) is 16.0. The van der Waals surface area contributed by atoms with Gasteiger partial charge in [0, 0.05) is 10.9 Å². The van der Waals surface area contributed by atoms with Gasteiger partial charge in [-0.3, -0.25) is 0 Å². The van der Waals surface area contributed by atoms with E-state index in [1.165, 1.54) is 6.21 Å². The van der Waals surface area contributed by atoms with Crippen LogP contribution in [0.4, 0.5) is 0 Å². The fraction of sp³-hybridized carbons (Fsp3) is 0.0588. The van der Waals surface area contributed by atoms with Crippen LogP contribution in [0.1, 0.15) is 11.1 Å². The molecule has 0 aliphatic carbocycles. The molecule has 0 unspecified atom stereocenters. The van der Waals surface area contributed by atoms with E-state index in [4.69, 9.17) is 11.6 Å². The van der Waals surface area contributed by atoms with E-state index in [1.54, 1.807) is 24.3 Å². The van der Waals surface area contributed by atoms with Crippen molar-refractivity contribution >= 4 is 28.7 Å². The van der Waals surface area contributed by atoms with Crippen LogP contribution < -0.4 is 0 Å². The zero-order valence-electron chi connectivity index (χ0n) is 11.6. The number of phenolic OH excluding ortho intramolecular Hbond substituents is 1. The highest BCUT2D eigenvalue weighted by Gasteiger charge is 2.07. The van der Waals surface area contributed by atoms with E-state index in [2.05, 4.69) is 4.98 Å². The first-order chi connectivity index (χ1) is 10.6. The number of hydrogen-bond donors (Lipinski definition) is 1. The fourth-order valence-electron chi connectivity index (χ4n) is 2.21. The second-order valence-electron chi connectivity index (χ2n) is 4.94. The molecular weight excluding hydrogens is 300 g/mol. The molecule has 1 aromatic heterocycles. The van der Waals surface area contributed by atoms with Gasteiger partial charge in [-0.1, -0.05) is 41.9 Å². The molecule has 3 aromatic rings. The molecule has 1 N–H and O–H groups in total. The Labute approximate surface area is 132 Å². The number of fused-ring (bicyclic) bond motifs is 1. The minimum atomic E-state index is 0.144. The summed E-state index contributed by atoms with van der Waals surface area (Å²) in [4.78, 5) is 4.23. The smallest absolute Gasteiger partial charge is 0.185 e. The van der Waals surface area contributed by atoms with Crippen molar-refractivity contribution in [2.24, 2.45) is 0 Å². The molecule has 22 heavy (non-hydrogen) atoms. The number of aromatic hydroxyl groups is 1. The van der Waals surface area contributed by atoms with Crippen molar-refractivity contribution in [3.63, 3.8) is 0 Å². The molecule has 0 fully saturated rings. The molecule has 110 valence electrons. The zero-order chi connectivity index (χ0) is 15.5. The van der Waals surface area contributed by atoms with Crippen molar-refractivity contribution in [2.45, 2.75) is 6.54 Å². The van der Waals surface area contributed by atoms with Gasteiger partial charge in [0.25, 0.3) is 0 Å². The average molecular weight is 313 g/mol. The maximum absolute atomic E-state index is 12.1. The standard InChI is InChI=1S/C17H13ClN2O2/c18-17-14(8-13-9-15(21)6-7-16(13)19-17)11-20(22)10-12-4-2-1-3-5-12/h1-9,11,21H,10H2/b20-11-. The summed E-state index contributed by atoms with van der Waals surface area (Å²) in [7, 11) is 0. The van der Waals surface area contributed by atoms with E-state index in [1.807, 2.05) is 30.3 Å². The monoisotopic (exact) mass is 312 g/mol. The van der Waals surface area contributed by atoms with E-state index in [-0.39, 0.29) is 17.4 Å². The second-order valence-corrected chi connectivity index (χ2v) is 5.29. The Balaban J connectivity index is 1.95. The van der Waals surface area contributed by atoms with E-state index in [9.17, 15) is 10.3 Å². The number of nitrogens with zero attached hydrogens (tertiary/aromatic N) is 2. The van der Waals surface area contributed by atoms with Gasteiger partial charge in [-0.05, 0) is 24.3 Å². The molecular formula is C17H13ClN2O2. The molecule has 0 saturated heterocycles. The number of benzene rings is 2. The fourth-order valence-corrected chi connectivity index (χ4v) is 2.41. The zero-order valence-corrected chi connectivity index (χ0v) is 12.4. The van der Waals surface area contributed by atoms with Gasteiger partial charge < -0.3 is 10.3 Å². The largest absolute Gasteiger partial charge is 0.624 e. The summed E-state index contributed by atoms with van der Waals surface area (Å²) in [6.45, 7) is 0.231. The summed E-state index contributed by atoms with van der Waals surface area (Å²) < 4.78 is 0.812. The highest BCUT2D eigenvalue weighted by Crippen LogP contribution is 2.22. The third-order valence-electron chi connectivity index (χ3n) is 3.24. The number of rotatable bonds is 3. The van der Waals surface area contributed by atoms with Crippen LogP contribution in [0.3, 0.4) is 0 Å². The second kappa shape index (κ2) is 6.03. The predicted molar refractivity (Wildman–Crippen MR) is 87.4 cm³/mol. The quantitative estimate of drug-likeness (QED) is 0.263. The van der Waals surface area contributed by atoms with Gasteiger partial charge in [0.05, 0.1) is 11.1 Å². The summed E-state index contributed by atoms with van der Waals surface area (Å²) in [5.74, 6) is 0.144. The van der Waals surface area contributed by atoms with Crippen LogP contribution in [-0.4, -0.2) is 21.0 Å². The number of phenols is 1. The van der Waals surface area contributed by atoms with Gasteiger partial charge in [-0.2, -0.15) is 0 Å². The lowest BCUT2D eigenvalue weighted by molar-refractivity contribution is -0.469. The van der Waals surface area contributed by atoms with E-state index >= 15 is 0 Å². The third kappa shape index (κ3) is 3.18. The maximum Gasteiger partial charge on any atom is 0.185 e. The van der Waals surface area contributed by atoms with Crippen molar-refractivity contribution in [1.82, 2.24) is 4.98 Å². The Kier molecular flexibility index (Phi) is 3.94. The first kappa shape index (κ1) is 14.4. The average Bonchev–Trinajstić information content (AvgIpc) is 2.49. The van der Waals surface area contributed by atoms with Crippen LogP contribution in [0, 0.1) is 5.21 Å². The maximum atomic E-state index is 12.1. The van der Waals surface area contributed by atoms with Gasteiger partial charge in [-0.25, -0.2) is 9.72 Å². The number of hydroxylamine groups is 1. The topological polar surface area (TPSA) is 59.2 Å². The molecule has 4 nitrogen and oxygen atoms in total. The number of pyridine rings is 1. The van der Waals surface area contributed by atoms with E-state index in [0.717, 1.165) is 15.7 Å². The Bertz CT molecular complexity index is 848. The first-order valence-corrected chi connectivity index (χ1v) is 7.11. The lowest BCUT2D eigenvalue weighted by Crippen LogP contribution is -2.06. The predicted octanol–water partition coefficient (Wildman–Crippen LogP) is 3.72. The summed E-state index contributed by atoms with van der Waals surface area (Å²) in [5, 5.41) is 22.6. The molecule has 0 spiro atoms. The van der Waals surface area contributed by atoms with Crippen molar-refractivity contribution in [1.29, 1.82) is 0 Å². The summed E-state index contributed by atoms with van der Waals surface area (Å²) in [5.41, 5.74) is 2.10. The van der Waals surface area contributed by atoms with Crippen LogP contribution in [-0.2, 0) is 6.54 Å². The highest BCUT2D eigenvalue weighted by molar-refractivity contribution is 6.32. The van der Waals surface area contributed by atoms with Gasteiger partial charge in [-0.15, -0.1) is 0 Å². The van der Waals surface area contributed by atoms with Gasteiger partial charge >= 0.3 is 0 Å². The lowest BCUT2D eigenvalue weighted by atomic mass is 10.1. The molecule has 0 aliphatic rings. The van der Waals surface area contributed by atoms with Crippen LogP contribution >= 0.6 is 11.6 Å². The highest BCUT2D eigenvalue weighted by atomic mass is 35.5. The van der Waals surface area contributed by atoms with Crippen LogP contribution in [0.25, 0.3) is 10.9 Å². The molecule has 2 aromatic carbocycles. The molecule has 0 bridgehead atoms. The van der Waals surface area contributed by atoms with E-state index in [0.29, 0.717) is 11.1 Å². The van der Waals surface area contributed by atoms with Crippen molar-refractivity contribution in [2.75, 3.05) is 0 Å². The molecule has 1 heterocycles. The lowest BCUT2D eigenvalue weighted by Gasteiger charge is -2.06. The van der Waals surface area contributed by atoms with Crippen LogP contribution in [0.5, 0.6) is 5.75 Å². The Hall–Kier alpha value is -2.59. The third-order valence-corrected chi connectivity index (χ3v) is 3.55. The molecule has 0 radical (unpaired) electrons. The Morgan fingerprint density at radius 3 is 2.68 bits per heavy atom. The minimum absolute atomic E-state index is 0.144. The molecule has 0 atom stereocenters. The molecule has 3 rings (SSSR count). The molecule has 5 heteroatoms. The SMILES string of the molecule is [O-]/[N+](=C\c1cc2cc(O)ccc2nc1Cl)Cc1ccccc1. The van der Waals surface area contributed by atoms with Crippen molar-refractivity contribution in [3.8, 4) is 5.75 Å². The number of hydrogen-bond acceptors (Lipinski definition) is 3. The Morgan fingerprint density at radius 1 is 1.14 bits per heavy atom. The van der Waals surface area contributed by atoms with Gasteiger partial charge in [0.1, 0.15) is 10.9 Å². The van der Waals surface area contributed by atoms with Crippen LogP contribution in [0.2, 0.25) is 5.15 Å². The number of halogens is 1.